The van der Waals surface area contributed by atoms with Crippen molar-refractivity contribution in [3.05, 3.63) is 71.4 Å². The van der Waals surface area contributed by atoms with E-state index in [9.17, 15) is 0 Å². The van der Waals surface area contributed by atoms with Crippen LogP contribution in [0.1, 0.15) is 11.6 Å². The molecule has 2 N–H and O–H groups in total. The normalized spacial score (nSPS) is 12.3. The zero-order valence-electron chi connectivity index (χ0n) is 11.4. The van der Waals surface area contributed by atoms with Crippen LogP contribution in [0.15, 0.2) is 60.8 Å². The summed E-state index contributed by atoms with van der Waals surface area (Å²) in [6, 6.07) is 17.1. The predicted molar refractivity (Wildman–Crippen MR) is 85.6 cm³/mol. The molecule has 0 fully saturated rings. The fraction of sp³-hybridized carbons (Fsp3) is 0.118. The van der Waals surface area contributed by atoms with Crippen molar-refractivity contribution in [2.24, 2.45) is 5.73 Å². The van der Waals surface area contributed by atoms with Crippen LogP contribution in [0.3, 0.4) is 0 Å². The Hall–Kier alpha value is -2.10. The minimum atomic E-state index is -0.235. The largest absolute Gasteiger partial charge is 0.492 e. The lowest BCUT2D eigenvalue weighted by molar-refractivity contribution is 0.290. The summed E-state index contributed by atoms with van der Waals surface area (Å²) in [6.45, 7) is 0.375. The second kappa shape index (κ2) is 6.12. The molecule has 1 atom stereocenters. The molecule has 1 heterocycles. The summed E-state index contributed by atoms with van der Waals surface area (Å²) in [5.74, 6) is 0.715. The van der Waals surface area contributed by atoms with Crippen LogP contribution in [0, 0.1) is 0 Å². The van der Waals surface area contributed by atoms with Gasteiger partial charge in [0.25, 0.3) is 0 Å². The van der Waals surface area contributed by atoms with E-state index in [-0.39, 0.29) is 6.04 Å². The molecule has 3 rings (SSSR count). The summed E-state index contributed by atoms with van der Waals surface area (Å²) >= 11 is 5.92. The van der Waals surface area contributed by atoms with E-state index in [1.807, 2.05) is 48.5 Å². The van der Waals surface area contributed by atoms with E-state index in [4.69, 9.17) is 22.1 Å². The van der Waals surface area contributed by atoms with Gasteiger partial charge >= 0.3 is 0 Å². The van der Waals surface area contributed by atoms with Crippen molar-refractivity contribution < 1.29 is 4.74 Å². The Balaban J connectivity index is 1.73. The first kappa shape index (κ1) is 13.9. The Morgan fingerprint density at radius 2 is 1.95 bits per heavy atom. The zero-order valence-corrected chi connectivity index (χ0v) is 12.1. The first-order valence-corrected chi connectivity index (χ1v) is 7.09. The molecule has 0 saturated heterocycles. The van der Waals surface area contributed by atoms with Crippen LogP contribution in [0.5, 0.6) is 5.75 Å². The fourth-order valence-corrected chi connectivity index (χ4v) is 2.31. The van der Waals surface area contributed by atoms with Gasteiger partial charge in [0.1, 0.15) is 12.4 Å². The van der Waals surface area contributed by atoms with Gasteiger partial charge in [-0.3, -0.25) is 4.98 Å². The molecule has 4 heteroatoms. The van der Waals surface area contributed by atoms with Crippen LogP contribution in [0.25, 0.3) is 10.9 Å². The van der Waals surface area contributed by atoms with Crippen molar-refractivity contribution in [1.29, 1.82) is 0 Å². The van der Waals surface area contributed by atoms with Crippen molar-refractivity contribution in [3.8, 4) is 5.75 Å². The number of hydrogen-bond acceptors (Lipinski definition) is 3. The van der Waals surface area contributed by atoms with Crippen LogP contribution in [-0.2, 0) is 0 Å². The molecule has 3 nitrogen and oxygen atoms in total. The topological polar surface area (TPSA) is 48.1 Å². The number of pyridine rings is 1. The molecule has 0 spiro atoms. The third kappa shape index (κ3) is 3.32. The number of halogens is 1. The highest BCUT2D eigenvalue weighted by molar-refractivity contribution is 6.30. The maximum atomic E-state index is 6.17. The number of aromatic nitrogens is 1. The standard InChI is InChI=1S/C17H15ClN2O/c18-14-5-3-6-15(9-14)21-11-16(19)13-8-12-4-1-2-7-17(12)20-10-13/h1-10,16H,11,19H2. The van der Waals surface area contributed by atoms with Gasteiger partial charge < -0.3 is 10.5 Å². The molecule has 106 valence electrons. The summed E-state index contributed by atoms with van der Waals surface area (Å²) in [5.41, 5.74) is 8.09. The summed E-state index contributed by atoms with van der Waals surface area (Å²) in [5, 5.41) is 1.72. The van der Waals surface area contributed by atoms with E-state index in [0.29, 0.717) is 17.4 Å². The number of para-hydroxylation sites is 1. The van der Waals surface area contributed by atoms with Gasteiger partial charge in [0.05, 0.1) is 11.6 Å². The number of benzene rings is 2. The molecule has 0 amide bonds. The van der Waals surface area contributed by atoms with Crippen LogP contribution >= 0.6 is 11.6 Å². The molecule has 21 heavy (non-hydrogen) atoms. The van der Waals surface area contributed by atoms with E-state index >= 15 is 0 Å². The SMILES string of the molecule is NC(COc1cccc(Cl)c1)c1cnc2ccccc2c1. The molecule has 2 aromatic carbocycles. The van der Waals surface area contributed by atoms with E-state index in [1.165, 1.54) is 0 Å². The number of nitrogens with two attached hydrogens (primary N) is 1. The van der Waals surface area contributed by atoms with Crippen LogP contribution in [-0.4, -0.2) is 11.6 Å². The lowest BCUT2D eigenvalue weighted by Gasteiger charge is -2.14. The van der Waals surface area contributed by atoms with Crippen molar-refractivity contribution >= 4 is 22.5 Å². The summed E-state index contributed by atoms with van der Waals surface area (Å²) < 4.78 is 5.68. The molecule has 1 aromatic heterocycles. The molecule has 0 aliphatic heterocycles. The predicted octanol–water partition coefficient (Wildman–Crippen LogP) is 3.97. The number of fused-ring (bicyclic) bond motifs is 1. The minimum absolute atomic E-state index is 0.235. The molecular weight excluding hydrogens is 284 g/mol. The highest BCUT2D eigenvalue weighted by Crippen LogP contribution is 2.20. The van der Waals surface area contributed by atoms with Gasteiger partial charge in [-0.05, 0) is 35.9 Å². The Morgan fingerprint density at radius 1 is 1.10 bits per heavy atom. The third-order valence-electron chi connectivity index (χ3n) is 3.27. The van der Waals surface area contributed by atoms with Gasteiger partial charge in [-0.2, -0.15) is 0 Å². The number of ether oxygens (including phenoxy) is 1. The van der Waals surface area contributed by atoms with Crippen LogP contribution < -0.4 is 10.5 Å². The second-order valence-corrected chi connectivity index (χ2v) is 5.27. The zero-order chi connectivity index (χ0) is 14.7. The number of rotatable bonds is 4. The summed E-state index contributed by atoms with van der Waals surface area (Å²) in [7, 11) is 0. The van der Waals surface area contributed by atoms with Gasteiger partial charge in [-0.1, -0.05) is 35.9 Å². The second-order valence-electron chi connectivity index (χ2n) is 4.84. The van der Waals surface area contributed by atoms with Crippen molar-refractivity contribution in [3.63, 3.8) is 0 Å². The molecule has 0 saturated carbocycles. The van der Waals surface area contributed by atoms with Gasteiger partial charge in [0, 0.05) is 16.6 Å². The summed E-state index contributed by atoms with van der Waals surface area (Å²) in [4.78, 5) is 4.41. The van der Waals surface area contributed by atoms with Crippen molar-refractivity contribution in [2.45, 2.75) is 6.04 Å². The molecule has 0 radical (unpaired) electrons. The number of hydrogen-bond donors (Lipinski definition) is 1. The molecule has 0 bridgehead atoms. The van der Waals surface area contributed by atoms with Gasteiger partial charge in [0.15, 0.2) is 0 Å². The van der Waals surface area contributed by atoms with Gasteiger partial charge in [0.2, 0.25) is 0 Å². The smallest absolute Gasteiger partial charge is 0.120 e. The Labute approximate surface area is 128 Å². The average molecular weight is 299 g/mol. The highest BCUT2D eigenvalue weighted by atomic mass is 35.5. The average Bonchev–Trinajstić information content (AvgIpc) is 2.52. The third-order valence-corrected chi connectivity index (χ3v) is 3.50. The van der Waals surface area contributed by atoms with E-state index in [0.717, 1.165) is 16.5 Å². The first-order chi connectivity index (χ1) is 10.2. The number of nitrogens with zero attached hydrogens (tertiary/aromatic N) is 1. The lowest BCUT2D eigenvalue weighted by Crippen LogP contribution is -2.19. The van der Waals surface area contributed by atoms with Crippen LogP contribution in [0.2, 0.25) is 5.02 Å². The van der Waals surface area contributed by atoms with Crippen LogP contribution in [0.4, 0.5) is 0 Å². The monoisotopic (exact) mass is 298 g/mol. The Kier molecular flexibility index (Phi) is 4.04. The molecule has 0 aliphatic carbocycles. The van der Waals surface area contributed by atoms with Crippen molar-refractivity contribution in [2.75, 3.05) is 6.61 Å². The molecule has 1 unspecified atom stereocenters. The van der Waals surface area contributed by atoms with E-state index in [1.54, 1.807) is 12.3 Å². The quantitative estimate of drug-likeness (QED) is 0.793. The lowest BCUT2D eigenvalue weighted by atomic mass is 10.1. The first-order valence-electron chi connectivity index (χ1n) is 6.71. The van der Waals surface area contributed by atoms with Crippen molar-refractivity contribution in [1.82, 2.24) is 4.98 Å². The van der Waals surface area contributed by atoms with Gasteiger partial charge in [-0.15, -0.1) is 0 Å². The fourth-order valence-electron chi connectivity index (χ4n) is 2.13. The molecule has 3 aromatic rings. The van der Waals surface area contributed by atoms with E-state index < -0.39 is 0 Å². The minimum Gasteiger partial charge on any atom is -0.492 e. The van der Waals surface area contributed by atoms with E-state index in [2.05, 4.69) is 4.98 Å². The Morgan fingerprint density at radius 3 is 2.81 bits per heavy atom. The highest BCUT2D eigenvalue weighted by Gasteiger charge is 2.08. The molecule has 0 aliphatic rings. The molecular formula is C17H15ClN2O. The maximum Gasteiger partial charge on any atom is 0.120 e. The Bertz CT molecular complexity index is 760. The maximum absolute atomic E-state index is 6.17. The van der Waals surface area contributed by atoms with Gasteiger partial charge in [-0.25, -0.2) is 0 Å². The summed E-state index contributed by atoms with van der Waals surface area (Å²) in [6.07, 6.45) is 1.80.